The molecule has 6 heteroatoms. The molecule has 0 bridgehead atoms. The summed E-state index contributed by atoms with van der Waals surface area (Å²) in [4.78, 5) is 9.79. The molecule has 81 heavy (non-hydrogen) atoms. The minimum atomic E-state index is -0.295. The first-order valence-corrected chi connectivity index (χ1v) is 28.4. The summed E-state index contributed by atoms with van der Waals surface area (Å²) >= 11 is 0. The van der Waals surface area contributed by atoms with Crippen LogP contribution in [-0.2, 0) is 53.6 Å². The Morgan fingerprint density at radius 2 is 0.914 bits per heavy atom. The van der Waals surface area contributed by atoms with E-state index in [1.807, 2.05) is 18.3 Å². The molecule has 0 unspecified atom stereocenters. The number of hydrogen-bond donors (Lipinski definition) is 0. The molecule has 0 radical (unpaired) electrons. The van der Waals surface area contributed by atoms with Crippen molar-refractivity contribution in [3.63, 3.8) is 0 Å². The quantitative estimate of drug-likeness (QED) is 0.121. The number of fused-ring (bicyclic) bond motifs is 4. The van der Waals surface area contributed by atoms with Gasteiger partial charge in [0.25, 0.3) is 0 Å². The van der Waals surface area contributed by atoms with Crippen LogP contribution in [0.4, 0.5) is 22.7 Å². The number of aromatic nitrogens is 2. The molecule has 0 aliphatic carbocycles. The predicted molar refractivity (Wildman–Crippen MR) is 336 cm³/mol. The van der Waals surface area contributed by atoms with Crippen molar-refractivity contribution in [3.05, 3.63) is 257 Å². The van der Waals surface area contributed by atoms with E-state index in [4.69, 9.17) is 9.72 Å². The second kappa shape index (κ2) is 21.0. The molecule has 0 spiro atoms. The zero-order valence-electron chi connectivity index (χ0n) is 50.0. The second-order valence-electron chi connectivity index (χ2n) is 26.8. The van der Waals surface area contributed by atoms with Gasteiger partial charge in [0.1, 0.15) is 5.82 Å². The maximum atomic E-state index is 6.92. The summed E-state index contributed by atoms with van der Waals surface area (Å²) in [7, 11) is 0. The average Bonchev–Trinajstić information content (AvgIpc) is 4.07. The van der Waals surface area contributed by atoms with E-state index in [2.05, 4.69) is 307 Å². The molecule has 0 fully saturated rings. The topological polar surface area (TPSA) is 33.5 Å². The van der Waals surface area contributed by atoms with E-state index in [1.54, 1.807) is 0 Å². The number of rotatable bonds is 11. The largest absolute Gasteiger partial charge is 0.509 e. The number of hydrogen-bond acceptors (Lipinski definition) is 4. The fraction of sp³-hybridized carbons (Fsp3) is 0.280. The van der Waals surface area contributed by atoms with Crippen LogP contribution in [0.15, 0.2) is 188 Å². The molecule has 0 saturated heterocycles. The van der Waals surface area contributed by atoms with Crippen LogP contribution in [0, 0.1) is 18.8 Å². The Hall–Kier alpha value is -7.20. The van der Waals surface area contributed by atoms with Crippen LogP contribution >= 0.6 is 0 Å². The Labute approximate surface area is 497 Å². The SMILES string of the molecule is CC(C)(C)c1ccc2c3ccc(Oc4[c-]c(N5[CH-]N(c6cc(C(C)(C)c7ccccc7)cc(C(C)(C)c7ccccc7)c6)c6cc(C(C)(C)C)c(C(C)(C)C)cc65)ccc4)[c-]c3n(-c3cc(C(C)(C)c4ccccc4)ccn3)c2c1.[Pt]. The molecule has 3 heterocycles. The molecule has 8 aromatic carbocycles. The van der Waals surface area contributed by atoms with Gasteiger partial charge in [-0.15, -0.1) is 48.1 Å². The summed E-state index contributed by atoms with van der Waals surface area (Å²) in [5.41, 5.74) is 16.4. The van der Waals surface area contributed by atoms with E-state index < -0.39 is 0 Å². The van der Waals surface area contributed by atoms with Crippen molar-refractivity contribution in [2.45, 2.75) is 136 Å². The van der Waals surface area contributed by atoms with E-state index in [9.17, 15) is 0 Å². The zero-order chi connectivity index (χ0) is 56.7. The van der Waals surface area contributed by atoms with Gasteiger partial charge in [0.2, 0.25) is 0 Å². The maximum Gasteiger partial charge on any atom is 0.135 e. The van der Waals surface area contributed by atoms with Gasteiger partial charge in [-0.3, -0.25) is 0 Å². The molecule has 11 rings (SSSR count). The Kier molecular flexibility index (Phi) is 14.8. The van der Waals surface area contributed by atoms with Crippen LogP contribution in [-0.4, -0.2) is 9.55 Å². The standard InChI is InChI=1S/C75H77N4O.Pt/c1-70(2,3)53-34-36-61-62-37-35-60(46-66(62)79(65(61)43-53)69-44-54(38-39-76-69)73(10,11)50-26-19-16-20-27-50)80-59-33-25-32-57(45-59)77-49-78(68-48-64(72(7,8)9)63(47-67(68)77)71(4,5)6)58-41-55(74(12,13)51-28-21-17-22-29-51)40-56(42-58)75(14,15)52-30-23-18-24-31-52;/h16-44,47-49H,1-15H3;/q-3;. The number of pyridine rings is 1. The molecule has 2 aromatic heterocycles. The van der Waals surface area contributed by atoms with E-state index in [-0.39, 0.29) is 53.6 Å². The maximum absolute atomic E-state index is 6.92. The fourth-order valence-electron chi connectivity index (χ4n) is 11.7. The Bertz CT molecular complexity index is 3860. The summed E-state index contributed by atoms with van der Waals surface area (Å²) in [5, 5.41) is 2.22. The Balaban J connectivity index is 0.00000736. The van der Waals surface area contributed by atoms with E-state index in [0.29, 0.717) is 11.5 Å². The van der Waals surface area contributed by atoms with Crippen molar-refractivity contribution in [1.82, 2.24) is 9.55 Å². The second-order valence-corrected chi connectivity index (χ2v) is 26.8. The van der Waals surface area contributed by atoms with Gasteiger partial charge in [-0.05, 0) is 114 Å². The van der Waals surface area contributed by atoms with Crippen LogP contribution in [0.5, 0.6) is 11.5 Å². The summed E-state index contributed by atoms with van der Waals surface area (Å²) in [5.74, 6) is 2.02. The molecule has 0 saturated carbocycles. The van der Waals surface area contributed by atoms with Gasteiger partial charge in [-0.25, -0.2) is 4.98 Å². The monoisotopic (exact) mass is 1240 g/mol. The number of ether oxygens (including phenoxy) is 1. The van der Waals surface area contributed by atoms with Gasteiger partial charge in [-0.2, -0.15) is 12.1 Å². The zero-order valence-corrected chi connectivity index (χ0v) is 52.3. The van der Waals surface area contributed by atoms with Crippen LogP contribution in [0.25, 0.3) is 27.6 Å². The number of benzene rings is 8. The van der Waals surface area contributed by atoms with E-state index in [1.165, 1.54) is 50.1 Å². The smallest absolute Gasteiger partial charge is 0.135 e. The fourth-order valence-corrected chi connectivity index (χ4v) is 11.7. The first-order chi connectivity index (χ1) is 37.8. The van der Waals surface area contributed by atoms with Gasteiger partial charge in [0, 0.05) is 77.6 Å². The van der Waals surface area contributed by atoms with Crippen LogP contribution < -0.4 is 14.5 Å². The van der Waals surface area contributed by atoms with E-state index >= 15 is 0 Å². The third kappa shape index (κ3) is 10.7. The van der Waals surface area contributed by atoms with Crippen molar-refractivity contribution >= 4 is 44.6 Å². The average molecular weight is 1250 g/mol. The molecular weight excluding hydrogens is 1170 g/mol. The molecule has 0 amide bonds. The number of anilines is 4. The molecule has 0 atom stereocenters. The van der Waals surface area contributed by atoms with Crippen molar-refractivity contribution in [2.75, 3.05) is 9.80 Å². The summed E-state index contributed by atoms with van der Waals surface area (Å²) in [6.07, 6.45) is 1.94. The molecule has 0 N–H and O–H groups in total. The van der Waals surface area contributed by atoms with Crippen LogP contribution in [0.1, 0.15) is 154 Å². The van der Waals surface area contributed by atoms with Gasteiger partial charge in [0.05, 0.1) is 0 Å². The van der Waals surface area contributed by atoms with Crippen molar-refractivity contribution in [3.8, 4) is 17.3 Å². The molecule has 1 aliphatic rings. The van der Waals surface area contributed by atoms with Crippen molar-refractivity contribution in [1.29, 1.82) is 0 Å². The predicted octanol–water partition coefficient (Wildman–Crippen LogP) is 19.8. The summed E-state index contributed by atoms with van der Waals surface area (Å²) < 4.78 is 9.19. The summed E-state index contributed by atoms with van der Waals surface area (Å²) in [6.45, 7) is 37.0. The first kappa shape index (κ1) is 57.0. The van der Waals surface area contributed by atoms with Gasteiger partial charge >= 0.3 is 0 Å². The minimum absolute atomic E-state index is 0. The molecule has 416 valence electrons. The van der Waals surface area contributed by atoms with Crippen molar-refractivity contribution < 1.29 is 25.8 Å². The van der Waals surface area contributed by atoms with Crippen LogP contribution in [0.2, 0.25) is 0 Å². The molecular formula is C75H77N4OPt-3. The molecule has 10 aromatic rings. The summed E-state index contributed by atoms with van der Waals surface area (Å²) in [6, 6.07) is 73.8. The van der Waals surface area contributed by atoms with Crippen molar-refractivity contribution in [2.24, 2.45) is 0 Å². The minimum Gasteiger partial charge on any atom is -0.509 e. The van der Waals surface area contributed by atoms with Crippen LogP contribution in [0.3, 0.4) is 0 Å². The third-order valence-corrected chi connectivity index (χ3v) is 17.1. The van der Waals surface area contributed by atoms with E-state index in [0.717, 1.165) is 50.4 Å². The Morgan fingerprint density at radius 1 is 0.407 bits per heavy atom. The normalized spacial score (nSPS) is 13.4. The molecule has 1 aliphatic heterocycles. The van der Waals surface area contributed by atoms with Gasteiger partial charge in [-0.1, -0.05) is 219 Å². The first-order valence-electron chi connectivity index (χ1n) is 28.4. The third-order valence-electron chi connectivity index (χ3n) is 17.1. The molecule has 5 nitrogen and oxygen atoms in total. The Morgan fingerprint density at radius 3 is 1.44 bits per heavy atom. The van der Waals surface area contributed by atoms with Gasteiger partial charge < -0.3 is 19.1 Å². The number of nitrogens with zero attached hydrogens (tertiary/aromatic N) is 4. The van der Waals surface area contributed by atoms with Gasteiger partial charge in [0.15, 0.2) is 0 Å².